The second kappa shape index (κ2) is 9.74. The number of hydrogen-bond acceptors (Lipinski definition) is 5. The summed E-state index contributed by atoms with van der Waals surface area (Å²) in [5.41, 5.74) is 4.92. The summed E-state index contributed by atoms with van der Waals surface area (Å²) >= 11 is 0. The summed E-state index contributed by atoms with van der Waals surface area (Å²) in [5.74, 6) is 1.61. The minimum absolute atomic E-state index is 0. The zero-order valence-corrected chi connectivity index (χ0v) is 23.1. The molecule has 0 radical (unpaired) electrons. The van der Waals surface area contributed by atoms with Crippen molar-refractivity contribution in [3.8, 4) is 28.8 Å². The summed E-state index contributed by atoms with van der Waals surface area (Å²) < 4.78 is 14.4. The van der Waals surface area contributed by atoms with Crippen molar-refractivity contribution < 1.29 is 30.2 Å². The molecule has 0 aliphatic carbocycles. The first-order chi connectivity index (χ1) is 19.3. The van der Waals surface area contributed by atoms with Gasteiger partial charge in [0.15, 0.2) is 0 Å². The van der Waals surface area contributed by atoms with E-state index in [0.29, 0.717) is 23.0 Å². The third-order valence-corrected chi connectivity index (χ3v) is 6.86. The molecule has 0 amide bonds. The number of fused-ring (bicyclic) bond motifs is 6. The predicted octanol–water partition coefficient (Wildman–Crippen LogP) is 7.93. The zero-order chi connectivity index (χ0) is 25.8. The van der Waals surface area contributed by atoms with Crippen molar-refractivity contribution >= 4 is 43.7 Å². The molecule has 0 unspecified atom stereocenters. The Kier molecular flexibility index (Phi) is 5.91. The van der Waals surface area contributed by atoms with Crippen molar-refractivity contribution in [2.75, 3.05) is 0 Å². The van der Waals surface area contributed by atoms with Crippen molar-refractivity contribution in [3.63, 3.8) is 0 Å². The average Bonchev–Trinajstić information content (AvgIpc) is 3.53. The van der Waals surface area contributed by atoms with E-state index < -0.39 is 0 Å². The minimum atomic E-state index is 0. The van der Waals surface area contributed by atoms with Crippen molar-refractivity contribution in [3.05, 3.63) is 122 Å². The number of nitrogens with zero attached hydrogens (tertiary/aromatic N) is 4. The van der Waals surface area contributed by atoms with Crippen LogP contribution < -0.4 is 4.74 Å². The van der Waals surface area contributed by atoms with Gasteiger partial charge < -0.3 is 13.7 Å². The number of furan rings is 1. The van der Waals surface area contributed by atoms with E-state index in [-0.39, 0.29) is 21.1 Å². The number of pyridine rings is 3. The van der Waals surface area contributed by atoms with E-state index in [0.717, 1.165) is 49.5 Å². The van der Waals surface area contributed by atoms with Crippen LogP contribution in [-0.4, -0.2) is 19.5 Å². The monoisotopic (exact) mass is 697 g/mol. The summed E-state index contributed by atoms with van der Waals surface area (Å²) in [7, 11) is 0. The number of para-hydroxylation sites is 2. The first kappa shape index (κ1) is 24.3. The second-order valence-corrected chi connectivity index (χ2v) is 9.15. The van der Waals surface area contributed by atoms with Crippen LogP contribution in [0.3, 0.4) is 0 Å². The van der Waals surface area contributed by atoms with Gasteiger partial charge in [-0.1, -0.05) is 52.9 Å². The Morgan fingerprint density at radius 2 is 1.55 bits per heavy atom. The second-order valence-electron chi connectivity index (χ2n) is 9.15. The Morgan fingerprint density at radius 3 is 2.50 bits per heavy atom. The fraction of sp³-hybridized carbons (Fsp3) is 0. The van der Waals surface area contributed by atoms with Crippen LogP contribution in [0.4, 0.5) is 0 Å². The molecule has 192 valence electrons. The van der Waals surface area contributed by atoms with Crippen LogP contribution in [0.15, 0.2) is 114 Å². The molecule has 3 aromatic carbocycles. The molecule has 6 nitrogen and oxygen atoms in total. The number of hydrogen-bond donors (Lipinski definition) is 0. The Balaban J connectivity index is 0.00000264. The molecule has 0 aliphatic rings. The van der Waals surface area contributed by atoms with Crippen molar-refractivity contribution in [2.45, 2.75) is 0 Å². The Bertz CT molecular complexity index is 2130. The van der Waals surface area contributed by atoms with Gasteiger partial charge in [-0.2, -0.15) is 29.2 Å². The average molecular weight is 698 g/mol. The molecule has 8 rings (SSSR count). The topological polar surface area (TPSA) is 66.0 Å². The van der Waals surface area contributed by atoms with E-state index in [9.17, 15) is 0 Å². The molecule has 0 saturated carbocycles. The molecular weight excluding hydrogens is 679 g/mol. The van der Waals surface area contributed by atoms with Crippen LogP contribution in [0, 0.1) is 12.1 Å². The van der Waals surface area contributed by atoms with E-state index in [1.807, 2.05) is 78.9 Å². The van der Waals surface area contributed by atoms with Crippen LogP contribution in [0.25, 0.3) is 60.8 Å². The summed E-state index contributed by atoms with van der Waals surface area (Å²) in [4.78, 5) is 13.8. The molecule has 5 heterocycles. The number of ether oxygens (including phenoxy) is 1. The fourth-order valence-corrected chi connectivity index (χ4v) is 5.17. The third-order valence-electron chi connectivity index (χ3n) is 6.86. The van der Waals surface area contributed by atoms with Crippen LogP contribution in [0.5, 0.6) is 11.8 Å². The van der Waals surface area contributed by atoms with Crippen LogP contribution in [-0.2, 0) is 21.1 Å². The van der Waals surface area contributed by atoms with Gasteiger partial charge in [0, 0.05) is 23.2 Å². The van der Waals surface area contributed by atoms with Crippen LogP contribution >= 0.6 is 0 Å². The number of aromatic nitrogens is 4. The first-order valence-corrected chi connectivity index (χ1v) is 12.5. The maximum Gasteiger partial charge on any atom is 2.00 e. The van der Waals surface area contributed by atoms with Gasteiger partial charge in [0.2, 0.25) is 11.8 Å². The van der Waals surface area contributed by atoms with Gasteiger partial charge in [-0.3, -0.25) is 9.97 Å². The standard InChI is InChI=1S/C33H18N4O2.Pt/c1-3-13-27-21(8-1)22-9-2-4-14-28(22)37(27)30-15-7-17-32(36-30)39-31-16-6-12-26(35-31)25-11-5-10-24-23-18-19-34-20-29(23)38-33(24)25;/h1-10,12-13,15-20H;/q-2;+2. The van der Waals surface area contributed by atoms with Gasteiger partial charge in [-0.05, 0) is 35.3 Å². The number of benzene rings is 3. The summed E-state index contributed by atoms with van der Waals surface area (Å²) in [6.07, 6.45) is 3.48. The van der Waals surface area contributed by atoms with Crippen molar-refractivity contribution in [1.82, 2.24) is 19.5 Å². The van der Waals surface area contributed by atoms with Gasteiger partial charge in [0.1, 0.15) is 11.4 Å². The quantitative estimate of drug-likeness (QED) is 0.175. The molecule has 7 heteroatoms. The first-order valence-electron chi connectivity index (χ1n) is 12.5. The summed E-state index contributed by atoms with van der Waals surface area (Å²) in [6.45, 7) is 0. The van der Waals surface area contributed by atoms with Gasteiger partial charge in [0.05, 0.1) is 11.8 Å². The van der Waals surface area contributed by atoms with Crippen molar-refractivity contribution in [2.24, 2.45) is 0 Å². The zero-order valence-electron chi connectivity index (χ0n) is 20.8. The smallest absolute Gasteiger partial charge is 0.499 e. The summed E-state index contributed by atoms with van der Waals surface area (Å²) in [6, 6.07) is 38.2. The molecule has 0 N–H and O–H groups in total. The Labute approximate surface area is 243 Å². The van der Waals surface area contributed by atoms with E-state index in [4.69, 9.17) is 19.1 Å². The number of rotatable bonds is 4. The molecule has 8 aromatic rings. The van der Waals surface area contributed by atoms with Crippen LogP contribution in [0.1, 0.15) is 0 Å². The summed E-state index contributed by atoms with van der Waals surface area (Å²) in [5, 5.41) is 4.28. The van der Waals surface area contributed by atoms with Gasteiger partial charge in [0.25, 0.3) is 0 Å². The molecule has 0 spiro atoms. The van der Waals surface area contributed by atoms with E-state index in [1.165, 1.54) is 0 Å². The molecule has 0 fully saturated rings. The SMILES string of the molecule is [Pt+2].[c-]1ccc2c(oc3cnccc32)c1-c1cccc(Oc2cccc(-n3c4[c-]cccc4c4ccccc43)n2)n1. The predicted molar refractivity (Wildman–Crippen MR) is 151 cm³/mol. The fourth-order valence-electron chi connectivity index (χ4n) is 5.17. The van der Waals surface area contributed by atoms with Gasteiger partial charge in [-0.15, -0.1) is 23.6 Å². The van der Waals surface area contributed by atoms with Crippen molar-refractivity contribution in [1.29, 1.82) is 0 Å². The third kappa shape index (κ3) is 3.88. The normalized spacial score (nSPS) is 11.3. The van der Waals surface area contributed by atoms with Gasteiger partial charge in [-0.25, -0.2) is 0 Å². The Hall–Kier alpha value is -4.80. The molecule has 5 aromatic heterocycles. The molecule has 0 aliphatic heterocycles. The molecule has 0 bridgehead atoms. The molecule has 0 atom stereocenters. The largest absolute Gasteiger partial charge is 2.00 e. The maximum atomic E-state index is 6.17. The minimum Gasteiger partial charge on any atom is -0.499 e. The maximum absolute atomic E-state index is 6.17. The van der Waals surface area contributed by atoms with Crippen LogP contribution in [0.2, 0.25) is 0 Å². The molecule has 40 heavy (non-hydrogen) atoms. The molecule has 0 saturated heterocycles. The van der Waals surface area contributed by atoms with E-state index in [1.54, 1.807) is 12.4 Å². The van der Waals surface area contributed by atoms with E-state index in [2.05, 4.69) is 39.9 Å². The molecular formula is C33H18N4O2Pt. The Morgan fingerprint density at radius 1 is 0.700 bits per heavy atom. The van der Waals surface area contributed by atoms with E-state index >= 15 is 0 Å². The van der Waals surface area contributed by atoms with Gasteiger partial charge >= 0.3 is 21.1 Å².